The molecule has 0 aliphatic carbocycles. The molecule has 0 saturated carbocycles. The Morgan fingerprint density at radius 1 is 1.43 bits per heavy atom. The van der Waals surface area contributed by atoms with Gasteiger partial charge in [-0.3, -0.25) is 0 Å². The molecule has 21 heavy (non-hydrogen) atoms. The number of halogens is 2. The predicted octanol–water partition coefficient (Wildman–Crippen LogP) is 2.62. The highest BCUT2D eigenvalue weighted by Gasteiger charge is 2.24. The number of rotatable bonds is 8. The second-order valence-electron chi connectivity index (χ2n) is 4.64. The van der Waals surface area contributed by atoms with Crippen LogP contribution in [-0.2, 0) is 16.6 Å². The van der Waals surface area contributed by atoms with Crippen molar-refractivity contribution in [3.05, 3.63) is 28.5 Å². The van der Waals surface area contributed by atoms with Crippen molar-refractivity contribution >= 4 is 33.4 Å². The van der Waals surface area contributed by atoms with E-state index in [1.807, 2.05) is 13.2 Å². The molecule has 0 bridgehead atoms. The van der Waals surface area contributed by atoms with E-state index in [0.29, 0.717) is 12.3 Å². The van der Waals surface area contributed by atoms with E-state index in [0.717, 1.165) is 6.07 Å². The zero-order valence-electron chi connectivity index (χ0n) is 12.2. The van der Waals surface area contributed by atoms with Crippen molar-refractivity contribution in [3.63, 3.8) is 0 Å². The molecule has 1 unspecified atom stereocenters. The molecule has 2 N–H and O–H groups in total. The highest BCUT2D eigenvalue weighted by atomic mass is 35.5. The van der Waals surface area contributed by atoms with Crippen molar-refractivity contribution < 1.29 is 12.8 Å². The minimum atomic E-state index is -3.93. The Morgan fingerprint density at radius 3 is 2.67 bits per heavy atom. The molecule has 120 valence electrons. The molecule has 1 atom stereocenters. The SMILES string of the molecule is CCNCc1cc(Cl)cc(S(=O)(=O)NC(C)CSC)c1F. The summed E-state index contributed by atoms with van der Waals surface area (Å²) in [5.74, 6) is -0.157. The van der Waals surface area contributed by atoms with Gasteiger partial charge in [0.1, 0.15) is 10.7 Å². The van der Waals surface area contributed by atoms with Crippen molar-refractivity contribution in [2.24, 2.45) is 0 Å². The molecule has 0 aliphatic heterocycles. The van der Waals surface area contributed by atoms with Crippen LogP contribution in [0.15, 0.2) is 17.0 Å². The first-order valence-electron chi connectivity index (χ1n) is 6.51. The second-order valence-corrected chi connectivity index (χ2v) is 7.66. The Morgan fingerprint density at radius 2 is 2.10 bits per heavy atom. The largest absolute Gasteiger partial charge is 0.313 e. The molecule has 0 spiro atoms. The third-order valence-corrected chi connectivity index (χ3v) is 5.35. The summed E-state index contributed by atoms with van der Waals surface area (Å²) in [6.45, 7) is 4.49. The van der Waals surface area contributed by atoms with Gasteiger partial charge in [-0.25, -0.2) is 17.5 Å². The van der Waals surface area contributed by atoms with Gasteiger partial charge in [0.15, 0.2) is 0 Å². The fraction of sp³-hybridized carbons (Fsp3) is 0.538. The fourth-order valence-corrected chi connectivity index (χ4v) is 4.20. The molecule has 1 aromatic carbocycles. The molecular weight excluding hydrogens is 335 g/mol. The maximum atomic E-state index is 14.4. The van der Waals surface area contributed by atoms with Crippen molar-refractivity contribution in [1.29, 1.82) is 0 Å². The zero-order chi connectivity index (χ0) is 16.0. The van der Waals surface area contributed by atoms with Gasteiger partial charge in [0, 0.05) is 28.9 Å². The highest BCUT2D eigenvalue weighted by Crippen LogP contribution is 2.24. The maximum Gasteiger partial charge on any atom is 0.243 e. The molecule has 0 fully saturated rings. The standard InChI is InChI=1S/C13H20ClFN2O2S2/c1-4-16-7-10-5-11(14)6-12(13(10)15)21(18,19)17-9(2)8-20-3/h5-6,9,16-17H,4,7-8H2,1-3H3. The minimum absolute atomic E-state index is 0.196. The Kier molecular flexibility index (Phi) is 7.42. The summed E-state index contributed by atoms with van der Waals surface area (Å²) in [4.78, 5) is -0.407. The smallest absolute Gasteiger partial charge is 0.243 e. The van der Waals surface area contributed by atoms with Crippen LogP contribution in [0.3, 0.4) is 0 Å². The fourth-order valence-electron chi connectivity index (χ4n) is 1.81. The number of benzene rings is 1. The lowest BCUT2D eigenvalue weighted by Crippen LogP contribution is -2.35. The Bertz CT molecular complexity index is 582. The topological polar surface area (TPSA) is 58.2 Å². The second kappa shape index (κ2) is 8.33. The molecular formula is C13H20ClFN2O2S2. The number of hydrogen-bond donors (Lipinski definition) is 2. The lowest BCUT2D eigenvalue weighted by atomic mass is 10.2. The summed E-state index contributed by atoms with van der Waals surface area (Å²) in [6.07, 6.45) is 1.87. The first-order valence-corrected chi connectivity index (χ1v) is 9.77. The van der Waals surface area contributed by atoms with Gasteiger partial charge in [0.05, 0.1) is 0 Å². The summed E-state index contributed by atoms with van der Waals surface area (Å²) in [6, 6.07) is 2.28. The summed E-state index contributed by atoms with van der Waals surface area (Å²) in [7, 11) is -3.93. The normalized spacial score (nSPS) is 13.4. The molecule has 0 heterocycles. The van der Waals surface area contributed by atoms with E-state index in [-0.39, 0.29) is 23.2 Å². The Labute approximate surface area is 134 Å². The molecule has 4 nitrogen and oxygen atoms in total. The van der Waals surface area contributed by atoms with Crippen LogP contribution in [0.1, 0.15) is 19.4 Å². The molecule has 1 rings (SSSR count). The molecule has 8 heteroatoms. The van der Waals surface area contributed by atoms with E-state index < -0.39 is 20.7 Å². The van der Waals surface area contributed by atoms with E-state index >= 15 is 0 Å². The monoisotopic (exact) mass is 354 g/mol. The van der Waals surface area contributed by atoms with Crippen LogP contribution in [0.2, 0.25) is 5.02 Å². The first-order chi connectivity index (χ1) is 9.81. The molecule has 0 amide bonds. The molecule has 0 aromatic heterocycles. The van der Waals surface area contributed by atoms with Gasteiger partial charge < -0.3 is 5.32 Å². The summed E-state index contributed by atoms with van der Waals surface area (Å²) in [5.41, 5.74) is 0.238. The van der Waals surface area contributed by atoms with E-state index in [1.54, 1.807) is 6.92 Å². The lowest BCUT2D eigenvalue weighted by molar-refractivity contribution is 0.539. The van der Waals surface area contributed by atoms with Crippen molar-refractivity contribution in [2.75, 3.05) is 18.6 Å². The quantitative estimate of drug-likeness (QED) is 0.753. The minimum Gasteiger partial charge on any atom is -0.313 e. The third-order valence-electron chi connectivity index (χ3n) is 2.71. The van der Waals surface area contributed by atoms with Crippen LogP contribution in [0, 0.1) is 5.82 Å². The number of sulfonamides is 1. The van der Waals surface area contributed by atoms with Crippen LogP contribution in [0.25, 0.3) is 0 Å². The van der Waals surface area contributed by atoms with Crippen molar-refractivity contribution in [1.82, 2.24) is 10.0 Å². The van der Waals surface area contributed by atoms with Crippen LogP contribution < -0.4 is 10.0 Å². The van der Waals surface area contributed by atoms with Crippen molar-refractivity contribution in [3.8, 4) is 0 Å². The molecule has 0 radical (unpaired) electrons. The van der Waals surface area contributed by atoms with Gasteiger partial charge in [-0.05, 0) is 31.9 Å². The van der Waals surface area contributed by atoms with Gasteiger partial charge in [-0.15, -0.1) is 0 Å². The lowest BCUT2D eigenvalue weighted by Gasteiger charge is -2.15. The average Bonchev–Trinajstić information content (AvgIpc) is 2.38. The van der Waals surface area contributed by atoms with Gasteiger partial charge >= 0.3 is 0 Å². The van der Waals surface area contributed by atoms with E-state index in [2.05, 4.69) is 10.0 Å². The zero-order valence-corrected chi connectivity index (χ0v) is 14.6. The van der Waals surface area contributed by atoms with Gasteiger partial charge in [0.25, 0.3) is 0 Å². The van der Waals surface area contributed by atoms with E-state index in [1.165, 1.54) is 17.8 Å². The van der Waals surface area contributed by atoms with Crippen LogP contribution in [0.5, 0.6) is 0 Å². The van der Waals surface area contributed by atoms with Crippen LogP contribution in [0.4, 0.5) is 4.39 Å². The molecule has 1 aromatic rings. The van der Waals surface area contributed by atoms with Gasteiger partial charge in [0.2, 0.25) is 10.0 Å². The molecule has 0 saturated heterocycles. The Hall–Kier alpha value is -0.340. The van der Waals surface area contributed by atoms with Crippen LogP contribution >= 0.6 is 23.4 Å². The average molecular weight is 355 g/mol. The van der Waals surface area contributed by atoms with Crippen LogP contribution in [-0.4, -0.2) is 33.0 Å². The van der Waals surface area contributed by atoms with Gasteiger partial charge in [-0.2, -0.15) is 11.8 Å². The maximum absolute atomic E-state index is 14.4. The number of nitrogens with one attached hydrogen (secondary N) is 2. The number of hydrogen-bond acceptors (Lipinski definition) is 4. The first kappa shape index (κ1) is 18.7. The summed E-state index contributed by atoms with van der Waals surface area (Å²) < 4.78 is 41.4. The highest BCUT2D eigenvalue weighted by molar-refractivity contribution is 7.98. The number of thioether (sulfide) groups is 1. The van der Waals surface area contributed by atoms with Gasteiger partial charge in [-0.1, -0.05) is 18.5 Å². The predicted molar refractivity (Wildman–Crippen MR) is 87.0 cm³/mol. The summed E-state index contributed by atoms with van der Waals surface area (Å²) in [5, 5.41) is 3.15. The molecule has 0 aliphatic rings. The van der Waals surface area contributed by atoms with Crippen molar-refractivity contribution in [2.45, 2.75) is 31.3 Å². The third kappa shape index (κ3) is 5.41. The van der Waals surface area contributed by atoms with E-state index in [4.69, 9.17) is 11.6 Å². The van der Waals surface area contributed by atoms with E-state index in [9.17, 15) is 12.8 Å². The Balaban J connectivity index is 3.13. The summed E-state index contributed by atoms with van der Waals surface area (Å²) >= 11 is 7.42.